The maximum absolute atomic E-state index is 11.3. The fourth-order valence-corrected chi connectivity index (χ4v) is 1.51. The number of carbonyl (C=O) groups excluding carboxylic acids is 1. The number of nitrogens with two attached hydrogens (primary N) is 1. The van der Waals surface area contributed by atoms with Gasteiger partial charge in [-0.15, -0.1) is 0 Å². The van der Waals surface area contributed by atoms with Crippen molar-refractivity contribution < 1.29 is 9.53 Å². The van der Waals surface area contributed by atoms with Crippen LogP contribution in [-0.4, -0.2) is 12.0 Å². The first-order chi connectivity index (χ1) is 8.54. The van der Waals surface area contributed by atoms with Crippen LogP contribution < -0.4 is 11.3 Å². The summed E-state index contributed by atoms with van der Waals surface area (Å²) >= 11 is 0. The van der Waals surface area contributed by atoms with Crippen LogP contribution in [0.15, 0.2) is 24.3 Å². The van der Waals surface area contributed by atoms with E-state index in [0.29, 0.717) is 12.5 Å². The van der Waals surface area contributed by atoms with Gasteiger partial charge in [0.15, 0.2) is 0 Å². The highest BCUT2D eigenvalue weighted by Gasteiger charge is 2.10. The Morgan fingerprint density at radius 2 is 1.89 bits per heavy atom. The maximum Gasteiger partial charge on any atom is 0.238 e. The molecular formula is C14H22N2O2. The van der Waals surface area contributed by atoms with Gasteiger partial charge in [0, 0.05) is 0 Å². The lowest BCUT2D eigenvalue weighted by Crippen LogP contribution is -2.31. The summed E-state index contributed by atoms with van der Waals surface area (Å²) in [5, 5.41) is 0. The number of rotatable bonds is 6. The van der Waals surface area contributed by atoms with Crippen molar-refractivity contribution in [2.24, 2.45) is 11.8 Å². The molecule has 0 aliphatic carbocycles. The summed E-state index contributed by atoms with van der Waals surface area (Å²) in [6, 6.07) is 7.76. The average Bonchev–Trinajstić information content (AvgIpc) is 2.37. The maximum atomic E-state index is 11.3. The van der Waals surface area contributed by atoms with Gasteiger partial charge in [-0.05, 0) is 24.0 Å². The Morgan fingerprint density at radius 1 is 1.28 bits per heavy atom. The van der Waals surface area contributed by atoms with E-state index in [-0.39, 0.29) is 18.4 Å². The summed E-state index contributed by atoms with van der Waals surface area (Å²) in [5.41, 5.74) is 4.13. The Morgan fingerprint density at radius 3 is 2.44 bits per heavy atom. The number of nitrogens with one attached hydrogen (secondary N) is 1. The number of amides is 1. The molecule has 4 nitrogen and oxygen atoms in total. The summed E-state index contributed by atoms with van der Waals surface area (Å²) in [6.45, 7) is 6.82. The Balaban J connectivity index is 2.67. The fourth-order valence-electron chi connectivity index (χ4n) is 1.51. The van der Waals surface area contributed by atoms with Gasteiger partial charge in [0.05, 0.1) is 19.1 Å². The van der Waals surface area contributed by atoms with Gasteiger partial charge in [0.2, 0.25) is 5.91 Å². The molecule has 0 saturated heterocycles. The van der Waals surface area contributed by atoms with Crippen LogP contribution in [0.3, 0.4) is 0 Å². The van der Waals surface area contributed by atoms with Crippen LogP contribution in [0.5, 0.6) is 0 Å². The van der Waals surface area contributed by atoms with Crippen LogP contribution in [0.2, 0.25) is 0 Å². The van der Waals surface area contributed by atoms with E-state index in [9.17, 15) is 4.79 Å². The van der Waals surface area contributed by atoms with Crippen LogP contribution in [0.25, 0.3) is 0 Å². The minimum Gasteiger partial charge on any atom is -0.374 e. The number of ether oxygens (including phenoxy) is 1. The summed E-state index contributed by atoms with van der Waals surface area (Å²) in [7, 11) is 0. The second-order valence-corrected chi connectivity index (χ2v) is 4.77. The molecule has 0 fully saturated rings. The highest BCUT2D eigenvalue weighted by atomic mass is 16.5. The molecule has 1 unspecified atom stereocenters. The van der Waals surface area contributed by atoms with E-state index in [4.69, 9.17) is 10.6 Å². The molecule has 18 heavy (non-hydrogen) atoms. The second kappa shape index (κ2) is 7.13. The van der Waals surface area contributed by atoms with Crippen molar-refractivity contribution in [1.29, 1.82) is 0 Å². The third-order valence-corrected chi connectivity index (χ3v) is 3.07. The first kappa shape index (κ1) is 14.7. The minimum atomic E-state index is -0.195. The summed E-state index contributed by atoms with van der Waals surface area (Å²) in [6.07, 6.45) is 0.480. The standard InChI is InChI=1S/C14H22N2O2/c1-10(2)11(3)18-9-13-7-5-4-6-12(13)8-14(17)16-15/h4-7,10-11H,8-9,15H2,1-3H3,(H,16,17). The molecule has 0 aliphatic heterocycles. The van der Waals surface area contributed by atoms with Crippen LogP contribution >= 0.6 is 0 Å². The lowest BCUT2D eigenvalue weighted by atomic mass is 10.0. The van der Waals surface area contributed by atoms with Crippen molar-refractivity contribution in [1.82, 2.24) is 5.43 Å². The molecule has 0 heterocycles. The van der Waals surface area contributed by atoms with E-state index in [1.165, 1.54) is 0 Å². The highest BCUT2D eigenvalue weighted by Crippen LogP contribution is 2.14. The molecule has 1 rings (SSSR count). The zero-order chi connectivity index (χ0) is 13.5. The van der Waals surface area contributed by atoms with Crippen LogP contribution in [0, 0.1) is 5.92 Å². The molecule has 3 N–H and O–H groups in total. The molecule has 0 aromatic heterocycles. The first-order valence-corrected chi connectivity index (χ1v) is 6.22. The average molecular weight is 250 g/mol. The van der Waals surface area contributed by atoms with E-state index >= 15 is 0 Å². The van der Waals surface area contributed by atoms with Gasteiger partial charge in [0.25, 0.3) is 0 Å². The van der Waals surface area contributed by atoms with Crippen LogP contribution in [-0.2, 0) is 22.6 Å². The molecular weight excluding hydrogens is 228 g/mol. The Labute approximate surface area is 108 Å². The summed E-state index contributed by atoms with van der Waals surface area (Å²) in [4.78, 5) is 11.3. The lowest BCUT2D eigenvalue weighted by Gasteiger charge is -2.17. The number of carbonyl (C=O) groups is 1. The van der Waals surface area contributed by atoms with Gasteiger partial charge in [-0.25, -0.2) is 5.84 Å². The topological polar surface area (TPSA) is 64.3 Å². The largest absolute Gasteiger partial charge is 0.374 e. The SMILES string of the molecule is CC(C)C(C)OCc1ccccc1CC(=O)NN. The highest BCUT2D eigenvalue weighted by molar-refractivity contribution is 5.78. The van der Waals surface area contributed by atoms with Crippen LogP contribution in [0.1, 0.15) is 31.9 Å². The molecule has 4 heteroatoms. The van der Waals surface area contributed by atoms with Crippen molar-refractivity contribution in [3.05, 3.63) is 35.4 Å². The normalized spacial score (nSPS) is 12.5. The minimum absolute atomic E-state index is 0.195. The van der Waals surface area contributed by atoms with Gasteiger partial charge in [-0.2, -0.15) is 0 Å². The molecule has 0 aliphatic rings. The molecule has 100 valence electrons. The van der Waals surface area contributed by atoms with Gasteiger partial charge in [0.1, 0.15) is 0 Å². The van der Waals surface area contributed by atoms with E-state index in [1.807, 2.05) is 24.3 Å². The van der Waals surface area contributed by atoms with Crippen molar-refractivity contribution in [3.63, 3.8) is 0 Å². The molecule has 0 radical (unpaired) electrons. The number of hydrogen-bond donors (Lipinski definition) is 2. The van der Waals surface area contributed by atoms with Gasteiger partial charge >= 0.3 is 0 Å². The first-order valence-electron chi connectivity index (χ1n) is 6.22. The van der Waals surface area contributed by atoms with Crippen molar-refractivity contribution in [2.75, 3.05) is 0 Å². The van der Waals surface area contributed by atoms with Gasteiger partial charge in [-0.3, -0.25) is 10.2 Å². The van der Waals surface area contributed by atoms with Gasteiger partial charge < -0.3 is 4.74 Å². The predicted molar refractivity (Wildman–Crippen MR) is 71.6 cm³/mol. The van der Waals surface area contributed by atoms with E-state index < -0.39 is 0 Å². The molecule has 0 saturated carbocycles. The second-order valence-electron chi connectivity index (χ2n) is 4.77. The predicted octanol–water partition coefficient (Wildman–Crippen LogP) is 1.78. The Kier molecular flexibility index (Phi) is 5.82. The van der Waals surface area contributed by atoms with E-state index in [2.05, 4.69) is 26.2 Å². The number of hydrazine groups is 1. The molecule has 0 spiro atoms. The molecule has 1 aromatic rings. The van der Waals surface area contributed by atoms with E-state index in [1.54, 1.807) is 0 Å². The van der Waals surface area contributed by atoms with Crippen molar-refractivity contribution in [3.8, 4) is 0 Å². The van der Waals surface area contributed by atoms with Crippen molar-refractivity contribution >= 4 is 5.91 Å². The van der Waals surface area contributed by atoms with E-state index in [0.717, 1.165) is 11.1 Å². The fraction of sp³-hybridized carbons (Fsp3) is 0.500. The smallest absolute Gasteiger partial charge is 0.238 e. The quantitative estimate of drug-likeness (QED) is 0.459. The molecule has 1 amide bonds. The Hall–Kier alpha value is -1.39. The third kappa shape index (κ3) is 4.47. The molecule has 0 bridgehead atoms. The lowest BCUT2D eigenvalue weighted by molar-refractivity contribution is -0.120. The molecule has 1 aromatic carbocycles. The van der Waals surface area contributed by atoms with Crippen molar-refractivity contribution in [2.45, 2.75) is 39.9 Å². The molecule has 1 atom stereocenters. The zero-order valence-corrected chi connectivity index (χ0v) is 11.3. The summed E-state index contributed by atoms with van der Waals surface area (Å²) in [5.74, 6) is 5.38. The number of hydrogen-bond acceptors (Lipinski definition) is 3. The van der Waals surface area contributed by atoms with Gasteiger partial charge in [-0.1, -0.05) is 38.1 Å². The summed E-state index contributed by atoms with van der Waals surface area (Å²) < 4.78 is 5.78. The van der Waals surface area contributed by atoms with Crippen LogP contribution in [0.4, 0.5) is 0 Å². The number of benzene rings is 1. The monoisotopic (exact) mass is 250 g/mol. The Bertz CT molecular complexity index is 391. The third-order valence-electron chi connectivity index (χ3n) is 3.07. The zero-order valence-electron chi connectivity index (χ0n) is 11.3.